The molecule has 0 bridgehead atoms. The molecule has 112 valence electrons. The van der Waals surface area contributed by atoms with Crippen LogP contribution in [-0.2, 0) is 19.6 Å². The molecule has 10 heteroatoms. The van der Waals surface area contributed by atoms with Crippen LogP contribution in [-0.4, -0.2) is 33.7 Å². The molecule has 1 N–H and O–H groups in total. The van der Waals surface area contributed by atoms with E-state index < -0.39 is 20.6 Å². The van der Waals surface area contributed by atoms with E-state index in [1.165, 1.54) is 20.1 Å². The van der Waals surface area contributed by atoms with E-state index in [0.29, 0.717) is 0 Å². The lowest BCUT2D eigenvalue weighted by molar-refractivity contribution is -0.384. The molecular weight excluding hydrogens is 312 g/mol. The van der Waals surface area contributed by atoms with Crippen molar-refractivity contribution in [2.75, 3.05) is 20.3 Å². The van der Waals surface area contributed by atoms with E-state index in [-0.39, 0.29) is 28.7 Å². The van der Waals surface area contributed by atoms with Crippen molar-refractivity contribution in [2.45, 2.75) is 11.8 Å². The highest BCUT2D eigenvalue weighted by Gasteiger charge is 2.23. The van der Waals surface area contributed by atoms with Gasteiger partial charge in [-0.1, -0.05) is 16.5 Å². The summed E-state index contributed by atoms with van der Waals surface area (Å²) in [5, 5.41) is 10.6. The number of hydrogen-bond acceptors (Lipinski definition) is 6. The average Bonchev–Trinajstić information content (AvgIpc) is 2.33. The first kappa shape index (κ1) is 16.8. The molecule has 0 aliphatic carbocycles. The van der Waals surface area contributed by atoms with Gasteiger partial charge in [0.15, 0.2) is 0 Å². The second-order valence-electron chi connectivity index (χ2n) is 3.75. The number of benzene rings is 1. The summed E-state index contributed by atoms with van der Waals surface area (Å²) >= 11 is 5.69. The van der Waals surface area contributed by atoms with Crippen molar-refractivity contribution < 1.29 is 22.9 Å². The Morgan fingerprint density at radius 2 is 2.05 bits per heavy atom. The van der Waals surface area contributed by atoms with E-state index >= 15 is 0 Å². The van der Waals surface area contributed by atoms with Crippen LogP contribution in [0.4, 0.5) is 5.69 Å². The number of halogens is 1. The molecule has 0 amide bonds. The molecule has 0 aliphatic heterocycles. The Morgan fingerprint density at radius 1 is 1.40 bits per heavy atom. The number of methoxy groups -OCH3 is 1. The van der Waals surface area contributed by atoms with Crippen LogP contribution in [0.1, 0.15) is 5.56 Å². The monoisotopic (exact) mass is 324 g/mol. The summed E-state index contributed by atoms with van der Waals surface area (Å²) in [6.07, 6.45) is 0. The normalized spacial score (nSPS) is 11.6. The summed E-state index contributed by atoms with van der Waals surface area (Å²) < 4.78 is 28.6. The first-order valence-electron chi connectivity index (χ1n) is 5.36. The predicted octanol–water partition coefficient (Wildman–Crippen LogP) is 1.41. The molecule has 0 radical (unpaired) electrons. The third-order valence-corrected chi connectivity index (χ3v) is 3.95. The minimum atomic E-state index is -4.04. The molecule has 0 atom stereocenters. The van der Waals surface area contributed by atoms with E-state index in [4.69, 9.17) is 16.4 Å². The maximum Gasteiger partial charge on any atom is 0.289 e. The minimum Gasteiger partial charge on any atom is -0.382 e. The molecule has 0 unspecified atom stereocenters. The summed E-state index contributed by atoms with van der Waals surface area (Å²) in [7, 11) is -2.60. The number of nitrogens with one attached hydrogen (secondary N) is 1. The highest BCUT2D eigenvalue weighted by atomic mass is 35.5. The highest BCUT2D eigenvalue weighted by Crippen LogP contribution is 2.29. The summed E-state index contributed by atoms with van der Waals surface area (Å²) in [6.45, 7) is 1.67. The van der Waals surface area contributed by atoms with E-state index in [1.54, 1.807) is 0 Å². The van der Waals surface area contributed by atoms with Crippen molar-refractivity contribution in [3.63, 3.8) is 0 Å². The first-order chi connectivity index (χ1) is 9.29. The fourth-order valence-electron chi connectivity index (χ4n) is 1.36. The van der Waals surface area contributed by atoms with Gasteiger partial charge in [-0.3, -0.25) is 15.0 Å². The van der Waals surface area contributed by atoms with Crippen molar-refractivity contribution >= 4 is 27.3 Å². The number of hydrogen-bond donors (Lipinski definition) is 1. The fraction of sp³-hybridized carbons (Fsp3) is 0.400. The number of nitro groups is 1. The second-order valence-corrected chi connectivity index (χ2v) is 5.77. The Hall–Kier alpha value is -1.26. The van der Waals surface area contributed by atoms with Crippen molar-refractivity contribution in [1.29, 1.82) is 0 Å². The summed E-state index contributed by atoms with van der Waals surface area (Å²) in [4.78, 5) is 16.3. The Labute approximate surface area is 120 Å². The van der Waals surface area contributed by atoms with Gasteiger partial charge in [0.25, 0.3) is 15.7 Å². The number of sulfonamides is 1. The summed E-state index contributed by atoms with van der Waals surface area (Å²) in [6, 6.07) is 2.10. The van der Waals surface area contributed by atoms with Crippen LogP contribution in [0.15, 0.2) is 17.0 Å². The summed E-state index contributed by atoms with van der Waals surface area (Å²) in [5.74, 6) is 0. The Balaban J connectivity index is 3.05. The minimum absolute atomic E-state index is 0.00443. The van der Waals surface area contributed by atoms with Gasteiger partial charge in [0.05, 0.1) is 23.0 Å². The van der Waals surface area contributed by atoms with Gasteiger partial charge in [-0.25, -0.2) is 8.42 Å². The van der Waals surface area contributed by atoms with Crippen LogP contribution in [0, 0.1) is 17.0 Å². The Morgan fingerprint density at radius 3 is 2.60 bits per heavy atom. The van der Waals surface area contributed by atoms with Crippen molar-refractivity contribution in [3.8, 4) is 0 Å². The lowest BCUT2D eigenvalue weighted by Gasteiger charge is -2.09. The SMILES string of the molecule is COCCONS(=O)(=O)c1cc([N+](=O)[O-])c(Cl)cc1C. The van der Waals surface area contributed by atoms with Gasteiger partial charge in [-0.15, -0.1) is 0 Å². The molecule has 0 saturated heterocycles. The molecule has 0 fully saturated rings. The lowest BCUT2D eigenvalue weighted by Crippen LogP contribution is -2.26. The first-order valence-corrected chi connectivity index (χ1v) is 7.22. The van der Waals surface area contributed by atoms with Crippen LogP contribution >= 0.6 is 11.6 Å². The molecule has 8 nitrogen and oxygen atoms in total. The van der Waals surface area contributed by atoms with Gasteiger partial charge in [-0.2, -0.15) is 0 Å². The zero-order valence-electron chi connectivity index (χ0n) is 10.8. The molecule has 0 aliphatic rings. The van der Waals surface area contributed by atoms with Crippen molar-refractivity contribution in [3.05, 3.63) is 32.8 Å². The van der Waals surface area contributed by atoms with Gasteiger partial charge >= 0.3 is 0 Å². The van der Waals surface area contributed by atoms with E-state index in [0.717, 1.165) is 6.07 Å². The zero-order valence-corrected chi connectivity index (χ0v) is 12.3. The molecule has 0 aromatic heterocycles. The topological polar surface area (TPSA) is 108 Å². The van der Waals surface area contributed by atoms with Gasteiger partial charge in [-0.05, 0) is 18.6 Å². The number of rotatable bonds is 7. The predicted molar refractivity (Wildman–Crippen MR) is 71.0 cm³/mol. The summed E-state index contributed by atoms with van der Waals surface area (Å²) in [5.41, 5.74) is -0.224. The number of ether oxygens (including phenoxy) is 1. The molecule has 1 rings (SSSR count). The average molecular weight is 325 g/mol. The maximum atomic E-state index is 12.0. The Kier molecular flexibility index (Phi) is 5.84. The number of nitrogens with zero attached hydrogens (tertiary/aromatic N) is 1. The van der Waals surface area contributed by atoms with Crippen molar-refractivity contribution in [2.24, 2.45) is 0 Å². The van der Waals surface area contributed by atoms with Gasteiger partial charge in [0, 0.05) is 13.2 Å². The van der Waals surface area contributed by atoms with Gasteiger partial charge < -0.3 is 4.74 Å². The van der Waals surface area contributed by atoms with Gasteiger partial charge in [0.2, 0.25) is 0 Å². The number of aryl methyl sites for hydroxylation is 1. The second kappa shape index (κ2) is 6.95. The third kappa shape index (κ3) is 4.12. The van der Waals surface area contributed by atoms with E-state index in [1.807, 2.05) is 4.89 Å². The highest BCUT2D eigenvalue weighted by molar-refractivity contribution is 7.89. The van der Waals surface area contributed by atoms with Crippen LogP contribution in [0.2, 0.25) is 5.02 Å². The standard InChI is InChI=1S/C10H13ClN2O6S/c1-7-5-8(11)9(13(14)15)6-10(7)20(16,17)12-19-4-3-18-2/h5-6,12H,3-4H2,1-2H3. The third-order valence-electron chi connectivity index (χ3n) is 2.29. The number of nitro benzene ring substituents is 1. The van der Waals surface area contributed by atoms with Crippen LogP contribution in [0.3, 0.4) is 0 Å². The molecule has 1 aromatic rings. The molecule has 0 saturated carbocycles. The molecule has 0 heterocycles. The van der Waals surface area contributed by atoms with Crippen LogP contribution in [0.25, 0.3) is 0 Å². The van der Waals surface area contributed by atoms with E-state index in [2.05, 4.69) is 4.74 Å². The van der Waals surface area contributed by atoms with Crippen LogP contribution < -0.4 is 4.89 Å². The smallest absolute Gasteiger partial charge is 0.289 e. The quantitative estimate of drug-likeness (QED) is 0.461. The maximum absolute atomic E-state index is 12.0. The molecule has 1 aromatic carbocycles. The zero-order chi connectivity index (χ0) is 15.3. The van der Waals surface area contributed by atoms with Crippen molar-refractivity contribution in [1.82, 2.24) is 4.89 Å². The molecule has 0 spiro atoms. The molecular formula is C10H13ClN2O6S. The Bertz CT molecular complexity index is 604. The molecule has 20 heavy (non-hydrogen) atoms. The lowest BCUT2D eigenvalue weighted by atomic mass is 10.2. The largest absolute Gasteiger partial charge is 0.382 e. The van der Waals surface area contributed by atoms with E-state index in [9.17, 15) is 18.5 Å². The van der Waals surface area contributed by atoms with Crippen LogP contribution in [0.5, 0.6) is 0 Å². The van der Waals surface area contributed by atoms with Gasteiger partial charge in [0.1, 0.15) is 5.02 Å². The fourth-order valence-corrected chi connectivity index (χ4v) is 2.73.